The van der Waals surface area contributed by atoms with Crippen molar-refractivity contribution in [3.8, 4) is 5.75 Å². The molecule has 1 atom stereocenters. The largest absolute Gasteiger partial charge is 0.478 e. The Morgan fingerprint density at radius 1 is 1.32 bits per heavy atom. The molecule has 0 unspecified atom stereocenters. The van der Waals surface area contributed by atoms with Crippen LogP contribution in [0.15, 0.2) is 18.2 Å². The van der Waals surface area contributed by atoms with Gasteiger partial charge in [0, 0.05) is 25.2 Å². The molecule has 0 N–H and O–H groups in total. The molecule has 2 aliphatic rings. The zero-order valence-electron chi connectivity index (χ0n) is 14.1. The summed E-state index contributed by atoms with van der Waals surface area (Å²) in [7, 11) is 0. The van der Waals surface area contributed by atoms with Gasteiger partial charge < -0.3 is 9.64 Å². The average Bonchev–Trinajstić information content (AvgIpc) is 2.63. The summed E-state index contributed by atoms with van der Waals surface area (Å²) in [6.07, 6.45) is 2.81. The summed E-state index contributed by atoms with van der Waals surface area (Å²) in [5.41, 5.74) is 0.148. The van der Waals surface area contributed by atoms with Crippen LogP contribution in [0.4, 0.5) is 11.4 Å². The highest BCUT2D eigenvalue weighted by atomic mass is 16.6. The van der Waals surface area contributed by atoms with Crippen LogP contribution in [0.25, 0.3) is 0 Å². The monoisotopic (exact) mass is 347 g/mol. The van der Waals surface area contributed by atoms with E-state index in [1.165, 1.54) is 23.1 Å². The van der Waals surface area contributed by atoms with E-state index < -0.39 is 11.0 Å². The molecule has 2 heterocycles. The van der Waals surface area contributed by atoms with Crippen LogP contribution < -0.4 is 9.64 Å². The van der Waals surface area contributed by atoms with Crippen molar-refractivity contribution in [2.45, 2.75) is 38.7 Å². The van der Waals surface area contributed by atoms with Gasteiger partial charge in [-0.05, 0) is 31.7 Å². The van der Waals surface area contributed by atoms with Crippen LogP contribution in [0, 0.1) is 10.1 Å². The zero-order valence-corrected chi connectivity index (χ0v) is 14.1. The smallest absolute Gasteiger partial charge is 0.271 e. The molecule has 0 bridgehead atoms. The van der Waals surface area contributed by atoms with Crippen LogP contribution >= 0.6 is 0 Å². The minimum Gasteiger partial charge on any atom is -0.478 e. The Kier molecular flexibility index (Phi) is 4.87. The van der Waals surface area contributed by atoms with Crippen LogP contribution in [-0.2, 0) is 9.59 Å². The lowest BCUT2D eigenvalue weighted by Crippen LogP contribution is -2.51. The Bertz CT molecular complexity index is 700. The van der Waals surface area contributed by atoms with E-state index >= 15 is 0 Å². The van der Waals surface area contributed by atoms with Crippen LogP contribution in [0.1, 0.15) is 32.6 Å². The fraction of sp³-hybridized carbons (Fsp3) is 0.529. The molecule has 8 nitrogen and oxygen atoms in total. The van der Waals surface area contributed by atoms with Crippen molar-refractivity contribution in [3.63, 3.8) is 0 Å². The summed E-state index contributed by atoms with van der Waals surface area (Å²) in [4.78, 5) is 38.9. The first-order valence-electron chi connectivity index (χ1n) is 8.55. The van der Waals surface area contributed by atoms with Gasteiger partial charge in [-0.1, -0.05) is 6.92 Å². The van der Waals surface area contributed by atoms with E-state index in [0.717, 1.165) is 19.3 Å². The molecule has 3 rings (SSSR count). The van der Waals surface area contributed by atoms with Crippen molar-refractivity contribution in [3.05, 3.63) is 28.3 Å². The van der Waals surface area contributed by atoms with Crippen molar-refractivity contribution < 1.29 is 19.2 Å². The topological polar surface area (TPSA) is 93.0 Å². The van der Waals surface area contributed by atoms with Crippen molar-refractivity contribution in [1.82, 2.24) is 4.90 Å². The minimum atomic E-state index is -0.678. The third kappa shape index (κ3) is 3.42. The molecular formula is C17H21N3O5. The lowest BCUT2D eigenvalue weighted by atomic mass is 10.1. The second-order valence-electron chi connectivity index (χ2n) is 6.29. The molecule has 2 aliphatic heterocycles. The average molecular weight is 347 g/mol. The number of benzene rings is 1. The van der Waals surface area contributed by atoms with Crippen molar-refractivity contribution in [2.75, 3.05) is 24.5 Å². The first kappa shape index (κ1) is 17.2. The van der Waals surface area contributed by atoms with Crippen LogP contribution in [0.2, 0.25) is 0 Å². The van der Waals surface area contributed by atoms with Gasteiger partial charge in [0.25, 0.3) is 11.6 Å². The van der Waals surface area contributed by atoms with E-state index in [-0.39, 0.29) is 29.7 Å². The summed E-state index contributed by atoms with van der Waals surface area (Å²) < 4.78 is 5.65. The van der Waals surface area contributed by atoms with Gasteiger partial charge in [0.2, 0.25) is 5.91 Å². The van der Waals surface area contributed by atoms with E-state index in [4.69, 9.17) is 4.74 Å². The van der Waals surface area contributed by atoms with Gasteiger partial charge >= 0.3 is 0 Å². The number of anilines is 1. The number of fused-ring (bicyclic) bond motifs is 1. The highest BCUT2D eigenvalue weighted by molar-refractivity contribution is 6.04. The number of amides is 2. The summed E-state index contributed by atoms with van der Waals surface area (Å²) in [6.45, 7) is 3.09. The second-order valence-corrected chi connectivity index (χ2v) is 6.29. The number of nitro groups is 1. The molecule has 1 saturated heterocycles. The molecular weight excluding hydrogens is 326 g/mol. The maximum Gasteiger partial charge on any atom is 0.271 e. The number of carbonyl (C=O) groups is 2. The predicted octanol–water partition coefficient (Wildman–Crippen LogP) is 2.11. The van der Waals surface area contributed by atoms with Gasteiger partial charge in [-0.2, -0.15) is 0 Å². The first-order chi connectivity index (χ1) is 12.0. The molecule has 0 aromatic heterocycles. The van der Waals surface area contributed by atoms with E-state index in [1.807, 2.05) is 6.92 Å². The number of rotatable bonds is 4. The number of carbonyl (C=O) groups excluding carboxylic acids is 2. The van der Waals surface area contributed by atoms with Gasteiger partial charge in [-0.3, -0.25) is 24.6 Å². The fourth-order valence-electron chi connectivity index (χ4n) is 3.23. The Balaban J connectivity index is 1.90. The van der Waals surface area contributed by atoms with Gasteiger partial charge in [0.1, 0.15) is 12.3 Å². The molecule has 134 valence electrons. The number of non-ortho nitro benzene ring substituents is 1. The molecule has 2 amide bonds. The summed E-state index contributed by atoms with van der Waals surface area (Å²) in [5.74, 6) is -0.0772. The maximum atomic E-state index is 12.7. The van der Waals surface area contributed by atoms with Gasteiger partial charge in [-0.25, -0.2) is 0 Å². The molecule has 0 aliphatic carbocycles. The Morgan fingerprint density at radius 3 is 2.68 bits per heavy atom. The van der Waals surface area contributed by atoms with E-state index in [1.54, 1.807) is 4.90 Å². The number of hydrogen-bond donors (Lipinski definition) is 0. The number of ether oxygens (including phenoxy) is 1. The summed E-state index contributed by atoms with van der Waals surface area (Å²) in [6, 6.07) is 4.12. The van der Waals surface area contributed by atoms with Crippen molar-refractivity contribution in [1.29, 1.82) is 0 Å². The lowest BCUT2D eigenvalue weighted by molar-refractivity contribution is -0.384. The van der Waals surface area contributed by atoms with Crippen molar-refractivity contribution in [2.24, 2.45) is 0 Å². The highest BCUT2D eigenvalue weighted by Crippen LogP contribution is 2.37. The first-order valence-corrected chi connectivity index (χ1v) is 8.55. The van der Waals surface area contributed by atoms with E-state index in [2.05, 4.69) is 0 Å². The molecule has 8 heteroatoms. The molecule has 1 aromatic carbocycles. The third-order valence-corrected chi connectivity index (χ3v) is 4.63. The van der Waals surface area contributed by atoms with Gasteiger partial charge in [0.05, 0.1) is 10.6 Å². The number of likely N-dealkylation sites (tertiary alicyclic amines) is 1. The van der Waals surface area contributed by atoms with Crippen LogP contribution in [0.5, 0.6) is 5.75 Å². The Morgan fingerprint density at radius 2 is 2.04 bits per heavy atom. The Hall–Kier alpha value is -2.64. The zero-order chi connectivity index (χ0) is 18.0. The number of nitro benzene ring substituents is 1. The van der Waals surface area contributed by atoms with Crippen molar-refractivity contribution >= 4 is 23.2 Å². The lowest BCUT2D eigenvalue weighted by Gasteiger charge is -2.35. The number of piperidine rings is 1. The molecule has 0 spiro atoms. The van der Waals surface area contributed by atoms with Gasteiger partial charge in [0.15, 0.2) is 6.10 Å². The SMILES string of the molecule is CC[C@@H]1Oc2ccc([N+](=O)[O-])cc2N(CC(=O)N2CCCCC2)C1=O. The minimum absolute atomic E-state index is 0.118. The highest BCUT2D eigenvalue weighted by Gasteiger charge is 2.36. The standard InChI is InChI=1S/C17H21N3O5/c1-2-14-17(22)19(11-16(21)18-8-4-3-5-9-18)13-10-12(20(23)24)6-7-15(13)25-14/h6-7,10,14H,2-5,8-9,11H2,1H3/t14-/m0/s1. The molecule has 25 heavy (non-hydrogen) atoms. The van der Waals surface area contributed by atoms with E-state index in [9.17, 15) is 19.7 Å². The molecule has 1 aromatic rings. The predicted molar refractivity (Wildman–Crippen MR) is 90.6 cm³/mol. The van der Waals surface area contributed by atoms with Crippen LogP contribution in [0.3, 0.4) is 0 Å². The van der Waals surface area contributed by atoms with Crippen LogP contribution in [-0.4, -0.2) is 47.4 Å². The molecule has 0 saturated carbocycles. The number of hydrogen-bond acceptors (Lipinski definition) is 5. The fourth-order valence-corrected chi connectivity index (χ4v) is 3.23. The van der Waals surface area contributed by atoms with E-state index in [0.29, 0.717) is 25.3 Å². The third-order valence-electron chi connectivity index (χ3n) is 4.63. The summed E-state index contributed by atoms with van der Waals surface area (Å²) >= 11 is 0. The Labute approximate surface area is 145 Å². The molecule has 1 fully saturated rings. The summed E-state index contributed by atoms with van der Waals surface area (Å²) in [5, 5.41) is 11.1. The number of nitrogens with zero attached hydrogens (tertiary/aromatic N) is 3. The normalized spacial score (nSPS) is 20.0. The second kappa shape index (κ2) is 7.08. The van der Waals surface area contributed by atoms with Gasteiger partial charge in [-0.15, -0.1) is 0 Å². The quantitative estimate of drug-likeness (QED) is 0.614. The molecule has 0 radical (unpaired) electrons. The maximum absolute atomic E-state index is 12.7.